The molecule has 128 valence electrons. The van der Waals surface area contributed by atoms with Gasteiger partial charge in [-0.25, -0.2) is 5.43 Å². The van der Waals surface area contributed by atoms with Crippen LogP contribution in [-0.2, 0) is 4.79 Å². The van der Waals surface area contributed by atoms with Gasteiger partial charge in [0.25, 0.3) is 0 Å². The SMILES string of the molecule is COc1ccc(/C=N\NC(=O)C23CC4C[C@H](CC[C@@H](C4)C2)C3)cc1. The first kappa shape index (κ1) is 15.7. The molecule has 24 heavy (non-hydrogen) atoms. The summed E-state index contributed by atoms with van der Waals surface area (Å²) in [4.78, 5) is 12.9. The van der Waals surface area contributed by atoms with Crippen LogP contribution in [0, 0.1) is 23.2 Å². The minimum Gasteiger partial charge on any atom is -0.497 e. The number of amides is 1. The zero-order valence-electron chi connectivity index (χ0n) is 14.3. The predicted octanol–water partition coefficient (Wildman–Crippen LogP) is 3.75. The first-order valence-electron chi connectivity index (χ1n) is 9.14. The van der Waals surface area contributed by atoms with Crippen LogP contribution in [0.2, 0.25) is 0 Å². The maximum absolute atomic E-state index is 12.9. The van der Waals surface area contributed by atoms with Crippen molar-refractivity contribution in [3.63, 3.8) is 0 Å². The number of hydrogen-bond acceptors (Lipinski definition) is 3. The van der Waals surface area contributed by atoms with Crippen LogP contribution in [0.5, 0.6) is 5.75 Å². The number of nitrogens with one attached hydrogen (secondary N) is 1. The molecule has 0 aromatic heterocycles. The van der Waals surface area contributed by atoms with E-state index in [1.54, 1.807) is 13.3 Å². The summed E-state index contributed by atoms with van der Waals surface area (Å²) in [5, 5.41) is 4.22. The highest BCUT2D eigenvalue weighted by atomic mass is 16.5. The molecule has 4 heteroatoms. The fraction of sp³-hybridized carbons (Fsp3) is 0.600. The topological polar surface area (TPSA) is 50.7 Å². The van der Waals surface area contributed by atoms with Gasteiger partial charge in [0.05, 0.1) is 18.7 Å². The Labute approximate surface area is 143 Å². The highest BCUT2D eigenvalue weighted by Crippen LogP contribution is 2.57. The van der Waals surface area contributed by atoms with Gasteiger partial charge >= 0.3 is 0 Å². The standard InChI is InChI=1S/C20H26N2O2/c1-24-18-6-4-14(5-7-18)13-21-22-19(23)20-10-15-2-3-16(11-20)9-17(8-15)12-20/h4-7,13,15-17H,2-3,8-12H2,1H3,(H,22,23)/b21-13-/t15-,16-,17?,20?/m0/s1. The van der Waals surface area contributed by atoms with E-state index in [0.717, 1.165) is 48.3 Å². The minimum atomic E-state index is -0.149. The van der Waals surface area contributed by atoms with Crippen LogP contribution in [-0.4, -0.2) is 19.2 Å². The van der Waals surface area contributed by atoms with Crippen LogP contribution in [0.25, 0.3) is 0 Å². The molecule has 4 nitrogen and oxygen atoms in total. The second-order valence-electron chi connectivity index (χ2n) is 8.01. The van der Waals surface area contributed by atoms with E-state index >= 15 is 0 Å². The summed E-state index contributed by atoms with van der Waals surface area (Å²) in [6.07, 6.45) is 10.3. The summed E-state index contributed by atoms with van der Waals surface area (Å²) in [6.45, 7) is 0. The van der Waals surface area contributed by atoms with E-state index in [1.807, 2.05) is 24.3 Å². The van der Waals surface area contributed by atoms with E-state index in [0.29, 0.717) is 0 Å². The summed E-state index contributed by atoms with van der Waals surface area (Å²) in [5.41, 5.74) is 3.65. The van der Waals surface area contributed by atoms with Crippen LogP contribution < -0.4 is 10.2 Å². The van der Waals surface area contributed by atoms with Gasteiger partial charge < -0.3 is 4.74 Å². The molecule has 1 N–H and O–H groups in total. The lowest BCUT2D eigenvalue weighted by Crippen LogP contribution is -2.47. The second kappa shape index (κ2) is 6.23. The summed E-state index contributed by atoms with van der Waals surface area (Å²) in [7, 11) is 1.65. The number of hydrazone groups is 1. The zero-order chi connectivity index (χ0) is 16.6. The number of carbonyl (C=O) groups excluding carboxylic acids is 1. The molecule has 1 aromatic rings. The average Bonchev–Trinajstić information content (AvgIpc) is 2.81. The van der Waals surface area contributed by atoms with E-state index in [-0.39, 0.29) is 11.3 Å². The number of fused-ring (bicyclic) bond motifs is 1. The van der Waals surface area contributed by atoms with Gasteiger partial charge in [0, 0.05) is 0 Å². The van der Waals surface area contributed by atoms with Gasteiger partial charge in [-0.05, 0) is 79.7 Å². The van der Waals surface area contributed by atoms with Crippen molar-refractivity contribution < 1.29 is 9.53 Å². The molecule has 1 amide bonds. The number of benzene rings is 1. The zero-order valence-corrected chi connectivity index (χ0v) is 14.3. The third kappa shape index (κ3) is 2.94. The molecule has 1 aromatic carbocycles. The fourth-order valence-corrected chi connectivity index (χ4v) is 5.44. The largest absolute Gasteiger partial charge is 0.497 e. The maximum atomic E-state index is 12.9. The van der Waals surface area contributed by atoms with Crippen molar-refractivity contribution in [2.75, 3.05) is 7.11 Å². The van der Waals surface area contributed by atoms with Crippen LogP contribution in [0.4, 0.5) is 0 Å². The normalized spacial score (nSPS) is 34.3. The molecular weight excluding hydrogens is 300 g/mol. The Morgan fingerprint density at radius 1 is 1.12 bits per heavy atom. The lowest BCUT2D eigenvalue weighted by molar-refractivity contribution is -0.138. The second-order valence-corrected chi connectivity index (χ2v) is 8.01. The van der Waals surface area contributed by atoms with Crippen molar-refractivity contribution in [2.24, 2.45) is 28.3 Å². The lowest BCUT2D eigenvalue weighted by Gasteiger charge is -2.46. The Morgan fingerprint density at radius 3 is 2.38 bits per heavy atom. The third-order valence-electron chi connectivity index (χ3n) is 6.33. The fourth-order valence-electron chi connectivity index (χ4n) is 5.44. The van der Waals surface area contributed by atoms with Gasteiger partial charge in [0.2, 0.25) is 5.91 Å². The van der Waals surface area contributed by atoms with Crippen LogP contribution >= 0.6 is 0 Å². The molecule has 4 aliphatic carbocycles. The highest BCUT2D eigenvalue weighted by Gasteiger charge is 2.52. The number of methoxy groups -OCH3 is 1. The first-order chi connectivity index (χ1) is 11.7. The molecule has 0 heterocycles. The Kier molecular flexibility index (Phi) is 4.07. The van der Waals surface area contributed by atoms with E-state index in [1.165, 1.54) is 25.7 Å². The van der Waals surface area contributed by atoms with Gasteiger partial charge in [-0.15, -0.1) is 0 Å². The van der Waals surface area contributed by atoms with E-state index in [2.05, 4.69) is 10.5 Å². The van der Waals surface area contributed by atoms with Crippen molar-refractivity contribution in [1.29, 1.82) is 0 Å². The van der Waals surface area contributed by atoms with Gasteiger partial charge in [0.15, 0.2) is 0 Å². The van der Waals surface area contributed by atoms with E-state index in [4.69, 9.17) is 4.74 Å². The molecule has 0 unspecified atom stereocenters. The van der Waals surface area contributed by atoms with Crippen molar-refractivity contribution >= 4 is 12.1 Å². The third-order valence-corrected chi connectivity index (χ3v) is 6.33. The average molecular weight is 326 g/mol. The number of rotatable bonds is 4. The van der Waals surface area contributed by atoms with Gasteiger partial charge in [-0.2, -0.15) is 5.10 Å². The van der Waals surface area contributed by atoms with Crippen molar-refractivity contribution in [1.82, 2.24) is 5.43 Å². The van der Waals surface area contributed by atoms with E-state index in [9.17, 15) is 4.79 Å². The Bertz CT molecular complexity index is 622. The molecule has 4 saturated carbocycles. The summed E-state index contributed by atoms with van der Waals surface area (Å²) < 4.78 is 5.15. The molecule has 4 fully saturated rings. The molecule has 0 saturated heterocycles. The van der Waals surface area contributed by atoms with Crippen LogP contribution in [0.1, 0.15) is 50.5 Å². The number of carbonyl (C=O) groups is 1. The van der Waals surface area contributed by atoms with Crippen molar-refractivity contribution in [3.8, 4) is 5.75 Å². The quantitative estimate of drug-likeness (QED) is 0.677. The smallest absolute Gasteiger partial charge is 0.246 e. The number of hydrogen-bond donors (Lipinski definition) is 1. The molecule has 4 aliphatic rings. The Hall–Kier alpha value is -1.84. The first-order valence-corrected chi connectivity index (χ1v) is 9.14. The number of ether oxygens (including phenoxy) is 1. The maximum Gasteiger partial charge on any atom is 0.246 e. The summed E-state index contributed by atoms with van der Waals surface area (Å²) in [5.74, 6) is 3.25. The molecular formula is C20H26N2O2. The highest BCUT2D eigenvalue weighted by molar-refractivity contribution is 5.85. The number of nitrogens with zero attached hydrogens (tertiary/aromatic N) is 1. The minimum absolute atomic E-state index is 0.147. The predicted molar refractivity (Wildman–Crippen MR) is 94.0 cm³/mol. The monoisotopic (exact) mass is 326 g/mol. The van der Waals surface area contributed by atoms with Crippen molar-refractivity contribution in [2.45, 2.75) is 44.9 Å². The summed E-state index contributed by atoms with van der Waals surface area (Å²) >= 11 is 0. The molecule has 5 rings (SSSR count). The molecule has 4 bridgehead atoms. The van der Waals surface area contributed by atoms with Crippen molar-refractivity contribution in [3.05, 3.63) is 29.8 Å². The van der Waals surface area contributed by atoms with Crippen LogP contribution in [0.15, 0.2) is 29.4 Å². The van der Waals surface area contributed by atoms with Gasteiger partial charge in [-0.3, -0.25) is 4.79 Å². The molecule has 0 aliphatic heterocycles. The lowest BCUT2D eigenvalue weighted by atomic mass is 9.58. The van der Waals surface area contributed by atoms with Gasteiger partial charge in [-0.1, -0.05) is 12.8 Å². The Morgan fingerprint density at radius 2 is 1.75 bits per heavy atom. The van der Waals surface area contributed by atoms with E-state index < -0.39 is 0 Å². The summed E-state index contributed by atoms with van der Waals surface area (Å²) in [6, 6.07) is 7.66. The van der Waals surface area contributed by atoms with Gasteiger partial charge in [0.1, 0.15) is 5.75 Å². The molecule has 0 spiro atoms. The molecule has 0 radical (unpaired) electrons. The van der Waals surface area contributed by atoms with Crippen LogP contribution in [0.3, 0.4) is 0 Å². The Balaban J connectivity index is 1.43. The molecule has 2 atom stereocenters.